The number of hydrogen-bond donors (Lipinski definition) is 0. The predicted molar refractivity (Wildman–Crippen MR) is 344 cm³/mol. The first-order chi connectivity index (χ1) is 39.0. The van der Waals surface area contributed by atoms with Crippen molar-refractivity contribution in [2.75, 3.05) is 13.2 Å². The number of allylic oxidation sites excluding steroid dienone is 10. The first-order valence-electron chi connectivity index (χ1n) is 34.8. The van der Waals surface area contributed by atoms with E-state index in [-0.39, 0.29) is 31.1 Å². The molecule has 0 aliphatic heterocycles. The topological polar surface area (TPSA) is 78.9 Å². The summed E-state index contributed by atoms with van der Waals surface area (Å²) < 4.78 is 17.0. The minimum Gasteiger partial charge on any atom is -0.462 e. The van der Waals surface area contributed by atoms with Gasteiger partial charge in [-0.25, -0.2) is 0 Å². The third-order valence-corrected chi connectivity index (χ3v) is 15.5. The van der Waals surface area contributed by atoms with Crippen LogP contribution in [0, 0.1) is 0 Å². The minimum atomic E-state index is -0.786. The molecule has 0 aromatic carbocycles. The number of ether oxygens (including phenoxy) is 3. The van der Waals surface area contributed by atoms with Gasteiger partial charge in [-0.05, 0) is 109 Å². The zero-order chi connectivity index (χ0) is 57.1. The lowest BCUT2D eigenvalue weighted by Gasteiger charge is -2.18. The Labute approximate surface area is 491 Å². The number of unbranched alkanes of at least 4 members (excludes halogenated alkanes) is 43. The van der Waals surface area contributed by atoms with Crippen molar-refractivity contribution in [1.82, 2.24) is 0 Å². The molecule has 0 rings (SSSR count). The Morgan fingerprint density at radius 3 is 0.722 bits per heavy atom. The van der Waals surface area contributed by atoms with E-state index < -0.39 is 6.10 Å². The molecule has 0 aromatic rings. The van der Waals surface area contributed by atoms with Crippen molar-refractivity contribution in [3.63, 3.8) is 0 Å². The molecule has 6 heteroatoms. The van der Waals surface area contributed by atoms with Crippen molar-refractivity contribution >= 4 is 17.9 Å². The number of carbonyl (C=O) groups excluding carboxylic acids is 3. The molecule has 0 aliphatic rings. The fourth-order valence-corrected chi connectivity index (χ4v) is 10.2. The maximum atomic E-state index is 12.9. The molecule has 0 amide bonds. The van der Waals surface area contributed by atoms with Gasteiger partial charge in [0.2, 0.25) is 0 Å². The molecule has 0 saturated carbocycles. The highest BCUT2D eigenvalue weighted by atomic mass is 16.6. The summed E-state index contributed by atoms with van der Waals surface area (Å²) in [6, 6.07) is 0. The molecule has 0 N–H and O–H groups in total. The van der Waals surface area contributed by atoms with Crippen LogP contribution in [-0.4, -0.2) is 37.2 Å². The Balaban J connectivity index is 4.33. The SMILES string of the molecule is CCCCCCC/C=C\C/C=C\C/C=C\CCCCCCCCC(=O)OC(COC(=O)CCCCCCC/C=C\CCCCCCCC)COC(=O)CCCCCCCCCCCCCCC/C=C\CCCCCCCCCC. The van der Waals surface area contributed by atoms with Crippen LogP contribution in [0.5, 0.6) is 0 Å². The van der Waals surface area contributed by atoms with Crippen LogP contribution in [0.1, 0.15) is 367 Å². The molecule has 6 nitrogen and oxygen atoms in total. The molecule has 460 valence electrons. The van der Waals surface area contributed by atoms with Crippen LogP contribution in [0.4, 0.5) is 0 Å². The average Bonchev–Trinajstić information content (AvgIpc) is 3.45. The van der Waals surface area contributed by atoms with Gasteiger partial charge in [0.15, 0.2) is 6.10 Å². The summed E-state index contributed by atoms with van der Waals surface area (Å²) in [5.74, 6) is -0.881. The third-order valence-electron chi connectivity index (χ3n) is 15.5. The summed E-state index contributed by atoms with van der Waals surface area (Å²) in [7, 11) is 0. The minimum absolute atomic E-state index is 0.0799. The highest BCUT2D eigenvalue weighted by Gasteiger charge is 2.19. The molecule has 0 aliphatic carbocycles. The molecular formula is C73H132O6. The quantitative estimate of drug-likeness (QED) is 0.0261. The fourth-order valence-electron chi connectivity index (χ4n) is 10.2. The predicted octanol–water partition coefficient (Wildman–Crippen LogP) is 23.9. The second-order valence-corrected chi connectivity index (χ2v) is 23.4. The Bertz CT molecular complexity index is 1410. The second-order valence-electron chi connectivity index (χ2n) is 23.4. The van der Waals surface area contributed by atoms with E-state index in [0.717, 1.165) is 89.9 Å². The Hall–Kier alpha value is -2.89. The number of esters is 3. The Kier molecular flexibility index (Phi) is 65.1. The van der Waals surface area contributed by atoms with Crippen molar-refractivity contribution in [3.8, 4) is 0 Å². The van der Waals surface area contributed by atoms with Crippen LogP contribution in [0.3, 0.4) is 0 Å². The van der Waals surface area contributed by atoms with E-state index in [1.54, 1.807) is 0 Å². The maximum absolute atomic E-state index is 12.9. The van der Waals surface area contributed by atoms with Crippen LogP contribution in [-0.2, 0) is 28.6 Å². The number of rotatable bonds is 64. The normalized spacial score (nSPS) is 12.4. The van der Waals surface area contributed by atoms with Crippen LogP contribution in [0.15, 0.2) is 60.8 Å². The standard InChI is InChI=1S/C73H132O6/c1-4-7-10-13-16-19-22-25-28-30-32-34-35-36-37-39-40-42-45-48-51-54-57-60-63-66-72(75)78-69-70(68-77-71(74)65-62-59-56-53-50-47-44-27-24-21-18-15-12-9-6-3)79-73(76)67-64-61-58-55-52-49-46-43-41-38-33-31-29-26-23-20-17-14-11-8-5-2/h23,26-27,30-33,41,43-44,70H,4-22,24-25,28-29,34-40,42,45-69H2,1-3H3/b26-23-,32-30-,33-31-,43-41-,44-27-. The highest BCUT2D eigenvalue weighted by Crippen LogP contribution is 2.17. The van der Waals surface area contributed by atoms with Gasteiger partial charge in [-0.3, -0.25) is 14.4 Å². The van der Waals surface area contributed by atoms with Gasteiger partial charge >= 0.3 is 17.9 Å². The highest BCUT2D eigenvalue weighted by molar-refractivity contribution is 5.71. The van der Waals surface area contributed by atoms with E-state index in [0.29, 0.717) is 19.3 Å². The van der Waals surface area contributed by atoms with Gasteiger partial charge in [0.05, 0.1) is 0 Å². The van der Waals surface area contributed by atoms with Crippen LogP contribution < -0.4 is 0 Å². The first-order valence-corrected chi connectivity index (χ1v) is 34.8. The molecule has 0 aromatic heterocycles. The summed E-state index contributed by atoms with van der Waals surface area (Å²) in [6.45, 7) is 6.66. The lowest BCUT2D eigenvalue weighted by Crippen LogP contribution is -2.30. The van der Waals surface area contributed by atoms with E-state index in [2.05, 4.69) is 81.5 Å². The summed E-state index contributed by atoms with van der Waals surface area (Å²) in [4.78, 5) is 38.4. The molecule has 0 spiro atoms. The lowest BCUT2D eigenvalue weighted by molar-refractivity contribution is -0.167. The second kappa shape index (κ2) is 67.6. The molecule has 0 saturated heterocycles. The zero-order valence-corrected chi connectivity index (χ0v) is 52.9. The fraction of sp³-hybridized carbons (Fsp3) is 0.822. The zero-order valence-electron chi connectivity index (χ0n) is 52.9. The van der Waals surface area contributed by atoms with Crippen LogP contribution >= 0.6 is 0 Å². The molecular weight excluding hydrogens is 973 g/mol. The summed E-state index contributed by atoms with van der Waals surface area (Å²) >= 11 is 0. The maximum Gasteiger partial charge on any atom is 0.306 e. The summed E-state index contributed by atoms with van der Waals surface area (Å²) in [5, 5.41) is 0. The van der Waals surface area contributed by atoms with E-state index >= 15 is 0 Å². The smallest absolute Gasteiger partial charge is 0.306 e. The monoisotopic (exact) mass is 1110 g/mol. The number of carbonyl (C=O) groups is 3. The van der Waals surface area contributed by atoms with Crippen molar-refractivity contribution in [2.24, 2.45) is 0 Å². The van der Waals surface area contributed by atoms with Gasteiger partial charge in [-0.2, -0.15) is 0 Å². The van der Waals surface area contributed by atoms with E-state index in [1.807, 2.05) is 0 Å². The van der Waals surface area contributed by atoms with Crippen molar-refractivity contribution in [2.45, 2.75) is 374 Å². The van der Waals surface area contributed by atoms with Gasteiger partial charge in [0.1, 0.15) is 13.2 Å². The largest absolute Gasteiger partial charge is 0.462 e. The van der Waals surface area contributed by atoms with Gasteiger partial charge < -0.3 is 14.2 Å². The van der Waals surface area contributed by atoms with Gasteiger partial charge in [-0.15, -0.1) is 0 Å². The molecule has 0 bridgehead atoms. The molecule has 0 fully saturated rings. The Morgan fingerprint density at radius 1 is 0.253 bits per heavy atom. The van der Waals surface area contributed by atoms with Crippen molar-refractivity contribution in [3.05, 3.63) is 60.8 Å². The molecule has 0 heterocycles. The van der Waals surface area contributed by atoms with E-state index in [9.17, 15) is 14.4 Å². The van der Waals surface area contributed by atoms with Crippen LogP contribution in [0.2, 0.25) is 0 Å². The molecule has 79 heavy (non-hydrogen) atoms. The van der Waals surface area contributed by atoms with Gasteiger partial charge in [0.25, 0.3) is 0 Å². The Morgan fingerprint density at radius 2 is 0.456 bits per heavy atom. The number of hydrogen-bond acceptors (Lipinski definition) is 6. The average molecular weight is 1110 g/mol. The van der Waals surface area contributed by atoms with Crippen molar-refractivity contribution in [1.29, 1.82) is 0 Å². The molecule has 0 radical (unpaired) electrons. The van der Waals surface area contributed by atoms with Gasteiger partial charge in [-0.1, -0.05) is 300 Å². The van der Waals surface area contributed by atoms with Crippen molar-refractivity contribution < 1.29 is 28.6 Å². The third kappa shape index (κ3) is 65.8. The summed E-state index contributed by atoms with van der Waals surface area (Å²) in [6.07, 6.45) is 86.7. The van der Waals surface area contributed by atoms with E-state index in [4.69, 9.17) is 14.2 Å². The van der Waals surface area contributed by atoms with Crippen LogP contribution in [0.25, 0.3) is 0 Å². The molecule has 1 unspecified atom stereocenters. The first kappa shape index (κ1) is 76.1. The van der Waals surface area contributed by atoms with E-state index in [1.165, 1.54) is 238 Å². The lowest BCUT2D eigenvalue weighted by atomic mass is 10.0. The van der Waals surface area contributed by atoms with Gasteiger partial charge in [0, 0.05) is 19.3 Å². The molecule has 1 atom stereocenters. The summed E-state index contributed by atoms with van der Waals surface area (Å²) in [5.41, 5.74) is 0.